The summed E-state index contributed by atoms with van der Waals surface area (Å²) in [6.07, 6.45) is -5.17. The van der Waals surface area contributed by atoms with E-state index in [0.717, 1.165) is 0 Å². The Balaban J connectivity index is 2.72. The highest BCUT2D eigenvalue weighted by Gasteiger charge is 2.37. The van der Waals surface area contributed by atoms with Gasteiger partial charge in [0.15, 0.2) is 5.71 Å². The summed E-state index contributed by atoms with van der Waals surface area (Å²) in [5.74, 6) is -2.44. The quantitative estimate of drug-likeness (QED) is 0.708. The Kier molecular flexibility index (Phi) is 2.45. The fourth-order valence-electron chi connectivity index (χ4n) is 0.883. The molecule has 0 aromatic rings. The summed E-state index contributed by atoms with van der Waals surface area (Å²) < 4.78 is 35.4. The smallest absolute Gasteiger partial charge is 0.408 e. The highest BCUT2D eigenvalue weighted by atomic mass is 19.4. The molecule has 1 heterocycles. The van der Waals surface area contributed by atoms with Gasteiger partial charge < -0.3 is 5.11 Å². The van der Waals surface area contributed by atoms with Gasteiger partial charge in [-0.05, 0) is 0 Å². The van der Waals surface area contributed by atoms with E-state index in [1.54, 1.807) is 0 Å². The minimum absolute atomic E-state index is 0.115. The molecule has 78 valence electrons. The highest BCUT2D eigenvalue weighted by Crippen LogP contribution is 2.19. The molecule has 0 fully saturated rings. The van der Waals surface area contributed by atoms with Gasteiger partial charge in [0.25, 0.3) is 0 Å². The molecule has 0 spiro atoms. The number of carbonyl (C=O) groups is 2. The predicted molar refractivity (Wildman–Crippen MR) is 37.5 cm³/mol. The van der Waals surface area contributed by atoms with Crippen LogP contribution in [0.4, 0.5) is 13.2 Å². The fraction of sp³-hybridized carbons (Fsp3) is 0.500. The number of carbonyl (C=O) groups excluding carboxylic acids is 1. The number of hydrogen-bond donors (Lipinski definition) is 1. The molecule has 0 unspecified atom stereocenters. The predicted octanol–water partition coefficient (Wildman–Crippen LogP) is 0.222. The lowest BCUT2D eigenvalue weighted by atomic mass is 10.3. The van der Waals surface area contributed by atoms with Crippen molar-refractivity contribution in [2.75, 3.05) is 6.54 Å². The van der Waals surface area contributed by atoms with Gasteiger partial charge in [0.05, 0.1) is 6.42 Å². The van der Waals surface area contributed by atoms with Gasteiger partial charge in [-0.25, -0.2) is 9.80 Å². The molecule has 0 bridgehead atoms. The lowest BCUT2D eigenvalue weighted by Gasteiger charge is -2.13. The van der Waals surface area contributed by atoms with Crippen LogP contribution >= 0.6 is 0 Å². The van der Waals surface area contributed by atoms with Gasteiger partial charge in [-0.2, -0.15) is 18.3 Å². The van der Waals surface area contributed by atoms with Crippen LogP contribution in [0.3, 0.4) is 0 Å². The molecule has 0 aliphatic carbocycles. The van der Waals surface area contributed by atoms with Gasteiger partial charge >= 0.3 is 12.1 Å². The third-order valence-corrected chi connectivity index (χ3v) is 1.42. The van der Waals surface area contributed by atoms with Crippen LogP contribution in [-0.2, 0) is 9.59 Å². The number of carboxylic acids is 1. The average molecular weight is 210 g/mol. The molecule has 14 heavy (non-hydrogen) atoms. The molecule has 0 atom stereocenters. The van der Waals surface area contributed by atoms with Gasteiger partial charge in [-0.15, -0.1) is 0 Å². The first-order valence-corrected chi connectivity index (χ1v) is 3.47. The fourth-order valence-corrected chi connectivity index (χ4v) is 0.883. The number of aliphatic carboxylic acids is 1. The maximum absolute atomic E-state index is 11.8. The number of halogens is 3. The summed E-state index contributed by atoms with van der Waals surface area (Å²) in [5.41, 5.74) is -0.570. The first-order valence-electron chi connectivity index (χ1n) is 3.47. The van der Waals surface area contributed by atoms with Crippen molar-refractivity contribution in [1.29, 1.82) is 0 Å². The summed E-state index contributed by atoms with van der Waals surface area (Å²) >= 11 is 0. The molecule has 1 amide bonds. The number of rotatable bonds is 2. The van der Waals surface area contributed by atoms with Crippen molar-refractivity contribution in [3.05, 3.63) is 0 Å². The molecule has 0 aromatic heterocycles. The molecule has 1 aliphatic rings. The summed E-state index contributed by atoms with van der Waals surface area (Å²) in [7, 11) is 0. The minimum Gasteiger partial charge on any atom is -0.477 e. The van der Waals surface area contributed by atoms with E-state index in [2.05, 4.69) is 5.10 Å². The molecule has 1 rings (SSSR count). The second-order valence-corrected chi connectivity index (χ2v) is 2.60. The van der Waals surface area contributed by atoms with Crippen LogP contribution in [0, 0.1) is 0 Å². The number of hydrogen-bond acceptors (Lipinski definition) is 3. The van der Waals surface area contributed by atoms with Gasteiger partial charge in [-0.1, -0.05) is 0 Å². The molecule has 0 aromatic carbocycles. The Morgan fingerprint density at radius 3 is 2.50 bits per heavy atom. The molecule has 1 N–H and O–H groups in total. The Morgan fingerprint density at radius 1 is 1.57 bits per heavy atom. The summed E-state index contributed by atoms with van der Waals surface area (Å²) in [6.45, 7) is -1.55. The van der Waals surface area contributed by atoms with E-state index in [0.29, 0.717) is 0 Å². The van der Waals surface area contributed by atoms with Crippen molar-refractivity contribution in [2.45, 2.75) is 12.6 Å². The van der Waals surface area contributed by atoms with Crippen molar-refractivity contribution in [3.8, 4) is 0 Å². The molecular weight excluding hydrogens is 205 g/mol. The van der Waals surface area contributed by atoms with Gasteiger partial charge in [0.2, 0.25) is 5.91 Å². The topological polar surface area (TPSA) is 70.0 Å². The summed E-state index contributed by atoms with van der Waals surface area (Å²) in [6, 6.07) is 0. The second kappa shape index (κ2) is 3.28. The third-order valence-electron chi connectivity index (χ3n) is 1.42. The zero-order valence-corrected chi connectivity index (χ0v) is 6.71. The van der Waals surface area contributed by atoms with Crippen LogP contribution in [-0.4, -0.2) is 40.4 Å². The van der Waals surface area contributed by atoms with E-state index in [9.17, 15) is 22.8 Å². The van der Waals surface area contributed by atoms with E-state index in [-0.39, 0.29) is 5.01 Å². The number of nitrogens with zero attached hydrogens (tertiary/aromatic N) is 2. The van der Waals surface area contributed by atoms with E-state index in [1.165, 1.54) is 0 Å². The molecule has 5 nitrogen and oxygen atoms in total. The van der Waals surface area contributed by atoms with Crippen LogP contribution in [0.15, 0.2) is 5.10 Å². The van der Waals surface area contributed by atoms with Crippen molar-refractivity contribution in [2.24, 2.45) is 5.10 Å². The molecule has 8 heteroatoms. The molecule has 1 aliphatic heterocycles. The summed E-state index contributed by atoms with van der Waals surface area (Å²) in [5, 5.41) is 11.5. The zero-order valence-electron chi connectivity index (χ0n) is 6.71. The first kappa shape index (κ1) is 10.5. The first-order chi connectivity index (χ1) is 6.29. The van der Waals surface area contributed by atoms with Crippen molar-refractivity contribution < 1.29 is 27.9 Å². The monoisotopic (exact) mass is 210 g/mol. The lowest BCUT2D eigenvalue weighted by molar-refractivity contribution is -0.159. The highest BCUT2D eigenvalue weighted by molar-refractivity contribution is 6.40. The van der Waals surface area contributed by atoms with E-state index in [1.807, 2.05) is 0 Å². The van der Waals surface area contributed by atoms with Crippen LogP contribution in [0.25, 0.3) is 0 Å². The minimum atomic E-state index is -4.58. The third kappa shape index (κ3) is 2.44. The molecule has 0 saturated heterocycles. The number of amides is 1. The molecular formula is C6H5F3N2O3. The van der Waals surface area contributed by atoms with Gasteiger partial charge in [-0.3, -0.25) is 4.79 Å². The Bertz CT molecular complexity index is 310. The maximum Gasteiger partial charge on any atom is 0.408 e. The van der Waals surface area contributed by atoms with Crippen molar-refractivity contribution in [3.63, 3.8) is 0 Å². The van der Waals surface area contributed by atoms with Gasteiger partial charge in [0.1, 0.15) is 6.54 Å². The largest absolute Gasteiger partial charge is 0.477 e. The molecule has 0 radical (unpaired) electrons. The standard InChI is InChI=1S/C6H5F3N2O3/c7-6(8,9)2-11-4(12)1-3(10-11)5(13)14/h1-2H2,(H,13,14). The van der Waals surface area contributed by atoms with E-state index >= 15 is 0 Å². The zero-order chi connectivity index (χ0) is 10.9. The summed E-state index contributed by atoms with van der Waals surface area (Å²) in [4.78, 5) is 21.1. The Hall–Kier alpha value is -1.60. The Morgan fingerprint density at radius 2 is 2.14 bits per heavy atom. The van der Waals surface area contributed by atoms with Crippen LogP contribution in [0.2, 0.25) is 0 Å². The van der Waals surface area contributed by atoms with Gasteiger partial charge in [0, 0.05) is 0 Å². The van der Waals surface area contributed by atoms with E-state index in [4.69, 9.17) is 5.11 Å². The Labute approximate surface area is 75.8 Å². The second-order valence-electron chi connectivity index (χ2n) is 2.60. The van der Waals surface area contributed by atoms with E-state index < -0.39 is 36.7 Å². The maximum atomic E-state index is 11.8. The van der Waals surface area contributed by atoms with Crippen LogP contribution in [0.5, 0.6) is 0 Å². The average Bonchev–Trinajstić information content (AvgIpc) is 2.29. The molecule has 0 saturated carbocycles. The number of carboxylic acid groups (broad SMARTS) is 1. The van der Waals surface area contributed by atoms with Crippen LogP contribution in [0.1, 0.15) is 6.42 Å². The number of alkyl halides is 3. The number of hydrazone groups is 1. The lowest BCUT2D eigenvalue weighted by Crippen LogP contribution is -2.32. The van der Waals surface area contributed by atoms with Crippen LogP contribution < -0.4 is 0 Å². The van der Waals surface area contributed by atoms with Crippen molar-refractivity contribution in [1.82, 2.24) is 5.01 Å². The normalized spacial score (nSPS) is 17.2. The SMILES string of the molecule is O=C(O)C1=NN(CC(F)(F)F)C(=O)C1. The van der Waals surface area contributed by atoms with Crippen molar-refractivity contribution >= 4 is 17.6 Å².